The summed E-state index contributed by atoms with van der Waals surface area (Å²) in [5.41, 5.74) is 6.96. The quantitative estimate of drug-likeness (QED) is 0.346. The topological polar surface area (TPSA) is 87.7 Å². The predicted octanol–water partition coefficient (Wildman–Crippen LogP) is 3.07. The molecule has 0 spiro atoms. The van der Waals surface area contributed by atoms with Gasteiger partial charge in [0.25, 0.3) is 5.91 Å². The lowest BCUT2D eigenvalue weighted by molar-refractivity contribution is -0.114. The Balaban J connectivity index is 2.96. The number of amides is 1. The number of para-hydroxylation sites is 1. The van der Waals surface area contributed by atoms with Crippen LogP contribution in [0.5, 0.6) is 0 Å². The number of allylic oxidation sites excluding steroid dienone is 1. The number of anilines is 1. The Morgan fingerprint density at radius 3 is 2.45 bits per heavy atom. The van der Waals surface area contributed by atoms with Crippen LogP contribution in [0.3, 0.4) is 0 Å². The Morgan fingerprint density at radius 2 is 1.95 bits per heavy atom. The minimum absolute atomic E-state index is 0.0527. The van der Waals surface area contributed by atoms with Gasteiger partial charge < -0.3 is 16.2 Å². The van der Waals surface area contributed by atoms with E-state index < -0.39 is 5.91 Å². The van der Waals surface area contributed by atoms with Crippen molar-refractivity contribution in [2.24, 2.45) is 10.7 Å². The Hall–Kier alpha value is -2.21. The maximum atomic E-state index is 11.1. The molecular formula is C16H21N3O2S. The third-order valence-electron chi connectivity index (χ3n) is 2.94. The molecule has 0 aliphatic heterocycles. The van der Waals surface area contributed by atoms with E-state index in [0.29, 0.717) is 0 Å². The number of primary amides is 1. The van der Waals surface area contributed by atoms with Gasteiger partial charge in [-0.3, -0.25) is 4.79 Å². The summed E-state index contributed by atoms with van der Waals surface area (Å²) in [5.74, 6) is -0.962. The fourth-order valence-corrected chi connectivity index (χ4v) is 2.01. The van der Waals surface area contributed by atoms with Crippen molar-refractivity contribution >= 4 is 35.1 Å². The van der Waals surface area contributed by atoms with E-state index in [1.165, 1.54) is 6.92 Å². The third kappa shape index (κ3) is 4.96. The normalized spacial score (nSPS) is 12.9. The molecule has 1 aromatic carbocycles. The molecule has 1 amide bonds. The van der Waals surface area contributed by atoms with Crippen LogP contribution in [0.25, 0.3) is 0 Å². The van der Waals surface area contributed by atoms with Crippen LogP contribution in [0.15, 0.2) is 40.6 Å². The van der Waals surface area contributed by atoms with Gasteiger partial charge in [0.15, 0.2) is 5.11 Å². The molecule has 0 aromatic heterocycles. The number of nitrogens with one attached hydrogen (secondary N) is 1. The number of carbonyl (C=O) groups excluding carboxylic acids is 1. The van der Waals surface area contributed by atoms with E-state index in [1.807, 2.05) is 24.3 Å². The van der Waals surface area contributed by atoms with Crippen molar-refractivity contribution in [3.05, 3.63) is 41.2 Å². The van der Waals surface area contributed by atoms with E-state index in [4.69, 9.17) is 18.0 Å². The second kappa shape index (κ2) is 7.17. The van der Waals surface area contributed by atoms with E-state index in [1.54, 1.807) is 0 Å². The number of carbonyl (C=O) groups is 1. The van der Waals surface area contributed by atoms with E-state index in [2.05, 4.69) is 31.1 Å². The highest BCUT2D eigenvalue weighted by Gasteiger charge is 2.17. The summed E-state index contributed by atoms with van der Waals surface area (Å²) in [6.45, 7) is 7.66. The number of aliphatic imine (C=N–C) groups is 1. The molecule has 0 aliphatic carbocycles. The lowest BCUT2D eigenvalue weighted by atomic mass is 9.86. The lowest BCUT2D eigenvalue weighted by Crippen LogP contribution is -2.19. The van der Waals surface area contributed by atoms with Crippen molar-refractivity contribution in [3.8, 4) is 0 Å². The maximum absolute atomic E-state index is 11.1. The molecule has 0 aliphatic rings. The summed E-state index contributed by atoms with van der Waals surface area (Å²) < 4.78 is 0. The molecule has 0 saturated heterocycles. The standard InChI is InChI=1S/C16H21N3O2S/c1-10(20)11(14(17)21)9-18-15(22)19-13-8-6-5-7-12(13)16(2,3)4/h5-9,20H,1-4H3,(H2,17,21)(H,19,22)/b11-10+,18-9+. The van der Waals surface area contributed by atoms with Gasteiger partial charge in [-0.1, -0.05) is 39.0 Å². The Morgan fingerprint density at radius 1 is 1.36 bits per heavy atom. The van der Waals surface area contributed by atoms with E-state index in [-0.39, 0.29) is 21.9 Å². The number of benzene rings is 1. The maximum Gasteiger partial charge on any atom is 0.253 e. The molecule has 0 atom stereocenters. The molecule has 0 heterocycles. The SMILES string of the molecule is C/C(O)=C(/C=N/C(=S)Nc1ccccc1C(C)(C)C)C(N)=O. The van der Waals surface area contributed by atoms with Crippen LogP contribution >= 0.6 is 12.2 Å². The van der Waals surface area contributed by atoms with Crippen molar-refractivity contribution in [2.45, 2.75) is 33.1 Å². The zero-order chi connectivity index (χ0) is 16.9. The van der Waals surface area contributed by atoms with Crippen LogP contribution in [-0.2, 0) is 10.2 Å². The van der Waals surface area contributed by atoms with Crippen LogP contribution in [0.1, 0.15) is 33.3 Å². The van der Waals surface area contributed by atoms with E-state index >= 15 is 0 Å². The van der Waals surface area contributed by atoms with Gasteiger partial charge >= 0.3 is 0 Å². The number of rotatable bonds is 3. The summed E-state index contributed by atoms with van der Waals surface area (Å²) in [5, 5.41) is 12.6. The van der Waals surface area contributed by atoms with Crippen molar-refractivity contribution in [1.29, 1.82) is 0 Å². The number of nitrogens with zero attached hydrogens (tertiary/aromatic N) is 1. The molecule has 0 fully saturated rings. The molecule has 1 aromatic rings. The summed E-state index contributed by atoms with van der Waals surface area (Å²) >= 11 is 5.14. The zero-order valence-electron chi connectivity index (χ0n) is 13.2. The first kappa shape index (κ1) is 17.8. The molecular weight excluding hydrogens is 298 g/mol. The average Bonchev–Trinajstić information content (AvgIpc) is 2.37. The number of thiocarbonyl (C=S) groups is 1. The van der Waals surface area contributed by atoms with Crippen molar-refractivity contribution < 1.29 is 9.90 Å². The molecule has 118 valence electrons. The number of aliphatic hydroxyl groups excluding tert-OH is 1. The van der Waals surface area contributed by atoms with Crippen molar-refractivity contribution in [3.63, 3.8) is 0 Å². The van der Waals surface area contributed by atoms with Gasteiger partial charge in [0.05, 0.1) is 5.57 Å². The minimum atomic E-state index is -0.762. The highest BCUT2D eigenvalue weighted by molar-refractivity contribution is 7.80. The molecule has 0 bridgehead atoms. The van der Waals surface area contributed by atoms with Crippen LogP contribution in [0, 0.1) is 0 Å². The summed E-state index contributed by atoms with van der Waals surface area (Å²) in [6.07, 6.45) is 1.16. The van der Waals surface area contributed by atoms with Gasteiger partial charge in [-0.05, 0) is 36.2 Å². The van der Waals surface area contributed by atoms with Crippen LogP contribution < -0.4 is 11.1 Å². The molecule has 0 radical (unpaired) electrons. The minimum Gasteiger partial charge on any atom is -0.512 e. The molecule has 0 saturated carbocycles. The first-order chi connectivity index (χ1) is 10.1. The Kier molecular flexibility index (Phi) is 5.82. The zero-order valence-corrected chi connectivity index (χ0v) is 14.0. The predicted molar refractivity (Wildman–Crippen MR) is 94.4 cm³/mol. The van der Waals surface area contributed by atoms with Crippen LogP contribution in [-0.4, -0.2) is 22.3 Å². The Bertz CT molecular complexity index is 639. The van der Waals surface area contributed by atoms with Crippen LogP contribution in [0.4, 0.5) is 5.69 Å². The van der Waals surface area contributed by atoms with Gasteiger partial charge in [0.2, 0.25) is 0 Å². The fraction of sp³-hybridized carbons (Fsp3) is 0.312. The average molecular weight is 319 g/mol. The van der Waals surface area contributed by atoms with Crippen molar-refractivity contribution in [2.75, 3.05) is 5.32 Å². The third-order valence-corrected chi connectivity index (χ3v) is 3.15. The van der Waals surface area contributed by atoms with Crippen molar-refractivity contribution in [1.82, 2.24) is 0 Å². The number of hydrogen-bond donors (Lipinski definition) is 3. The lowest BCUT2D eigenvalue weighted by Gasteiger charge is -2.23. The second-order valence-electron chi connectivity index (χ2n) is 5.85. The first-order valence-corrected chi connectivity index (χ1v) is 7.18. The monoisotopic (exact) mass is 319 g/mol. The van der Waals surface area contributed by atoms with Gasteiger partial charge in [-0.15, -0.1) is 0 Å². The molecule has 0 unspecified atom stereocenters. The smallest absolute Gasteiger partial charge is 0.253 e. The summed E-state index contributed by atoms with van der Waals surface area (Å²) in [7, 11) is 0. The molecule has 6 heteroatoms. The second-order valence-corrected chi connectivity index (χ2v) is 6.23. The molecule has 1 rings (SSSR count). The summed E-state index contributed by atoms with van der Waals surface area (Å²) in [4.78, 5) is 15.1. The molecule has 5 nitrogen and oxygen atoms in total. The number of hydrogen-bond acceptors (Lipinski definition) is 3. The number of nitrogens with two attached hydrogens (primary N) is 1. The number of aliphatic hydroxyl groups is 1. The highest BCUT2D eigenvalue weighted by atomic mass is 32.1. The highest BCUT2D eigenvalue weighted by Crippen LogP contribution is 2.29. The van der Waals surface area contributed by atoms with Gasteiger partial charge in [0.1, 0.15) is 5.76 Å². The van der Waals surface area contributed by atoms with Gasteiger partial charge in [0, 0.05) is 11.9 Å². The van der Waals surface area contributed by atoms with Gasteiger partial charge in [-0.2, -0.15) is 0 Å². The fourth-order valence-electron chi connectivity index (χ4n) is 1.85. The van der Waals surface area contributed by atoms with E-state index in [0.717, 1.165) is 17.5 Å². The van der Waals surface area contributed by atoms with E-state index in [9.17, 15) is 9.90 Å². The summed E-state index contributed by atoms with van der Waals surface area (Å²) in [6, 6.07) is 7.78. The Labute approximate surface area is 135 Å². The van der Waals surface area contributed by atoms with Gasteiger partial charge in [-0.25, -0.2) is 4.99 Å². The first-order valence-electron chi connectivity index (χ1n) is 6.77. The molecule has 22 heavy (non-hydrogen) atoms. The largest absolute Gasteiger partial charge is 0.512 e. The van der Waals surface area contributed by atoms with Crippen LogP contribution in [0.2, 0.25) is 0 Å². The molecule has 4 N–H and O–H groups in total.